The number of benzene rings is 2. The highest BCUT2D eigenvalue weighted by molar-refractivity contribution is 7.89. The number of halogens is 3. The van der Waals surface area contributed by atoms with Crippen molar-refractivity contribution in [1.29, 1.82) is 0 Å². The van der Waals surface area contributed by atoms with Gasteiger partial charge in [-0.15, -0.1) is 13.2 Å². The number of alkyl halides is 3. The quantitative estimate of drug-likeness (QED) is 0.535. The van der Waals surface area contributed by atoms with Crippen molar-refractivity contribution in [3.63, 3.8) is 0 Å². The Hall–Kier alpha value is -3.12. The summed E-state index contributed by atoms with van der Waals surface area (Å²) in [6.45, 7) is 1.69. The zero-order valence-corrected chi connectivity index (χ0v) is 17.0. The number of anilines is 1. The maximum Gasteiger partial charge on any atom is 0.573 e. The van der Waals surface area contributed by atoms with Crippen LogP contribution >= 0.6 is 0 Å². The fourth-order valence-corrected chi connectivity index (χ4v) is 3.66. The molecule has 0 saturated carbocycles. The summed E-state index contributed by atoms with van der Waals surface area (Å²) in [6.07, 6.45) is -4.40. The minimum Gasteiger partial charge on any atom is -0.441 e. The van der Waals surface area contributed by atoms with E-state index in [1.807, 2.05) is 6.92 Å². The number of carbonyl (C=O) groups excluding carboxylic acids is 1. The average Bonchev–Trinajstić information content (AvgIpc) is 3.09. The minimum absolute atomic E-state index is 0.161. The Balaban J connectivity index is 1.53. The molecule has 0 aliphatic rings. The number of ether oxygens (including phenoxy) is 1. The van der Waals surface area contributed by atoms with Crippen LogP contribution in [-0.2, 0) is 21.2 Å². The van der Waals surface area contributed by atoms with Gasteiger partial charge >= 0.3 is 6.36 Å². The van der Waals surface area contributed by atoms with Gasteiger partial charge in [0.15, 0.2) is 11.5 Å². The predicted molar refractivity (Wildman–Crippen MR) is 105 cm³/mol. The van der Waals surface area contributed by atoms with Gasteiger partial charge in [0.05, 0.1) is 4.90 Å². The SMILES string of the molecule is CCc1nc2cc(NC(=O)CCNS(=O)(=O)c3ccc(OC(F)(F)F)cc3)ccc2o1. The van der Waals surface area contributed by atoms with Crippen LogP contribution in [0.15, 0.2) is 51.8 Å². The van der Waals surface area contributed by atoms with E-state index in [1.165, 1.54) is 0 Å². The lowest BCUT2D eigenvalue weighted by atomic mass is 10.2. The van der Waals surface area contributed by atoms with E-state index in [9.17, 15) is 26.4 Å². The first-order valence-corrected chi connectivity index (χ1v) is 10.6. The zero-order valence-electron chi connectivity index (χ0n) is 16.2. The Morgan fingerprint density at radius 1 is 1.16 bits per heavy atom. The van der Waals surface area contributed by atoms with Crippen LogP contribution in [0.5, 0.6) is 5.75 Å². The van der Waals surface area contributed by atoms with Gasteiger partial charge < -0.3 is 14.5 Å². The van der Waals surface area contributed by atoms with E-state index in [-0.39, 0.29) is 17.9 Å². The van der Waals surface area contributed by atoms with Crippen molar-refractivity contribution in [2.75, 3.05) is 11.9 Å². The number of amides is 1. The second-order valence-electron chi connectivity index (χ2n) is 6.36. The smallest absolute Gasteiger partial charge is 0.441 e. The molecule has 0 atom stereocenters. The largest absolute Gasteiger partial charge is 0.573 e. The normalized spacial score (nSPS) is 12.1. The first kappa shape index (κ1) is 22.6. The van der Waals surface area contributed by atoms with Crippen molar-refractivity contribution in [2.24, 2.45) is 0 Å². The molecule has 8 nitrogen and oxygen atoms in total. The molecule has 2 aromatic carbocycles. The van der Waals surface area contributed by atoms with E-state index in [0.717, 1.165) is 24.3 Å². The number of sulfonamides is 1. The molecule has 0 radical (unpaired) electrons. The lowest BCUT2D eigenvalue weighted by molar-refractivity contribution is -0.274. The summed E-state index contributed by atoms with van der Waals surface area (Å²) < 4.78 is 72.4. The fraction of sp³-hybridized carbons (Fsp3) is 0.263. The number of aryl methyl sites for hydroxylation is 1. The Labute approximate surface area is 175 Å². The summed E-state index contributed by atoms with van der Waals surface area (Å²) in [7, 11) is -4.01. The molecule has 1 aromatic heterocycles. The standard InChI is InChI=1S/C19H18F3N3O5S/c1-2-18-25-15-11-12(3-8-16(15)29-18)24-17(26)9-10-23-31(27,28)14-6-4-13(5-7-14)30-19(20,21)22/h3-8,11,23H,2,9-10H2,1H3,(H,24,26). The van der Waals surface area contributed by atoms with Crippen molar-refractivity contribution in [2.45, 2.75) is 31.0 Å². The molecule has 1 heterocycles. The van der Waals surface area contributed by atoms with Crippen LogP contribution in [-0.4, -0.2) is 32.2 Å². The van der Waals surface area contributed by atoms with E-state index in [4.69, 9.17) is 4.42 Å². The molecule has 0 fully saturated rings. The van der Waals surface area contributed by atoms with Crippen molar-refractivity contribution >= 4 is 32.7 Å². The second-order valence-corrected chi connectivity index (χ2v) is 8.13. The summed E-state index contributed by atoms with van der Waals surface area (Å²) in [5.41, 5.74) is 1.67. The van der Waals surface area contributed by atoms with Gasteiger partial charge in [-0.1, -0.05) is 6.92 Å². The molecule has 0 spiro atoms. The van der Waals surface area contributed by atoms with Gasteiger partial charge in [-0.3, -0.25) is 4.79 Å². The summed E-state index contributed by atoms with van der Waals surface area (Å²) in [5.74, 6) is -0.401. The molecule has 2 N–H and O–H groups in total. The number of hydrogen-bond acceptors (Lipinski definition) is 6. The number of fused-ring (bicyclic) bond motifs is 1. The molecule has 166 valence electrons. The first-order chi connectivity index (χ1) is 14.6. The molecule has 1 amide bonds. The van der Waals surface area contributed by atoms with Crippen molar-refractivity contribution < 1.29 is 35.5 Å². The average molecular weight is 457 g/mol. The van der Waals surface area contributed by atoms with Crippen LogP contribution in [0.2, 0.25) is 0 Å². The third kappa shape index (κ3) is 6.18. The van der Waals surface area contributed by atoms with Crippen molar-refractivity contribution in [1.82, 2.24) is 9.71 Å². The highest BCUT2D eigenvalue weighted by atomic mass is 32.2. The van der Waals surface area contributed by atoms with Gasteiger partial charge in [-0.25, -0.2) is 18.1 Å². The summed E-state index contributed by atoms with van der Waals surface area (Å²) >= 11 is 0. The molecule has 0 saturated heterocycles. The van der Waals surface area contributed by atoms with Crippen molar-refractivity contribution in [3.8, 4) is 5.75 Å². The lowest BCUT2D eigenvalue weighted by Crippen LogP contribution is -2.27. The van der Waals surface area contributed by atoms with Gasteiger partial charge in [0.25, 0.3) is 0 Å². The van der Waals surface area contributed by atoms with E-state index in [2.05, 4.69) is 19.8 Å². The molecular weight excluding hydrogens is 439 g/mol. The Bertz CT molecular complexity index is 1170. The van der Waals surface area contributed by atoms with E-state index in [0.29, 0.717) is 29.1 Å². The van der Waals surface area contributed by atoms with Crippen LogP contribution < -0.4 is 14.8 Å². The molecular formula is C19H18F3N3O5S. The van der Waals surface area contributed by atoms with Crippen LogP contribution in [0, 0.1) is 0 Å². The van der Waals surface area contributed by atoms with E-state index >= 15 is 0 Å². The molecule has 0 aliphatic carbocycles. The summed E-state index contributed by atoms with van der Waals surface area (Å²) in [6, 6.07) is 8.68. The van der Waals surface area contributed by atoms with Gasteiger partial charge in [0.2, 0.25) is 15.9 Å². The van der Waals surface area contributed by atoms with Crippen LogP contribution in [0.1, 0.15) is 19.2 Å². The van der Waals surface area contributed by atoms with Crippen LogP contribution in [0.3, 0.4) is 0 Å². The Morgan fingerprint density at radius 3 is 2.52 bits per heavy atom. The Morgan fingerprint density at radius 2 is 1.87 bits per heavy atom. The maximum atomic E-state index is 12.2. The third-order valence-corrected chi connectivity index (χ3v) is 5.51. The molecule has 3 aromatic rings. The third-order valence-electron chi connectivity index (χ3n) is 4.03. The maximum absolute atomic E-state index is 12.2. The predicted octanol–water partition coefficient (Wildman–Crippen LogP) is 3.60. The van der Waals surface area contributed by atoms with Crippen LogP contribution in [0.4, 0.5) is 18.9 Å². The summed E-state index contributed by atoms with van der Waals surface area (Å²) in [4.78, 5) is 16.1. The second kappa shape index (κ2) is 8.94. The first-order valence-electron chi connectivity index (χ1n) is 9.10. The molecule has 0 aliphatic heterocycles. The van der Waals surface area contributed by atoms with Gasteiger partial charge in [-0.2, -0.15) is 0 Å². The molecule has 3 rings (SSSR count). The molecule has 12 heteroatoms. The minimum atomic E-state index is -4.87. The van der Waals surface area contributed by atoms with E-state index in [1.54, 1.807) is 18.2 Å². The molecule has 0 bridgehead atoms. The monoisotopic (exact) mass is 457 g/mol. The molecule has 31 heavy (non-hydrogen) atoms. The number of aromatic nitrogens is 1. The lowest BCUT2D eigenvalue weighted by Gasteiger charge is -2.10. The number of hydrogen-bond donors (Lipinski definition) is 2. The van der Waals surface area contributed by atoms with Gasteiger partial charge in [0, 0.05) is 25.1 Å². The highest BCUT2D eigenvalue weighted by Gasteiger charge is 2.31. The fourth-order valence-electron chi connectivity index (χ4n) is 2.63. The van der Waals surface area contributed by atoms with Crippen LogP contribution in [0.25, 0.3) is 11.1 Å². The highest BCUT2D eigenvalue weighted by Crippen LogP contribution is 2.24. The Kier molecular flexibility index (Phi) is 6.51. The number of oxazole rings is 1. The number of carbonyl (C=O) groups is 1. The topological polar surface area (TPSA) is 111 Å². The summed E-state index contributed by atoms with van der Waals surface area (Å²) in [5, 5.41) is 2.64. The number of nitrogens with one attached hydrogen (secondary N) is 2. The van der Waals surface area contributed by atoms with E-state index < -0.39 is 28.0 Å². The van der Waals surface area contributed by atoms with Crippen molar-refractivity contribution in [3.05, 3.63) is 48.4 Å². The number of rotatable bonds is 8. The van der Waals surface area contributed by atoms with Gasteiger partial charge in [-0.05, 0) is 42.5 Å². The number of nitrogens with zero attached hydrogens (tertiary/aromatic N) is 1. The van der Waals surface area contributed by atoms with Gasteiger partial charge in [0.1, 0.15) is 11.3 Å². The molecule has 0 unspecified atom stereocenters. The zero-order chi connectivity index (χ0) is 22.6.